The Labute approximate surface area is 109 Å². The normalized spacial score (nSPS) is 16.6. The Hall–Kier alpha value is -0.940. The molecule has 0 aromatic carbocycles. The van der Waals surface area contributed by atoms with Crippen molar-refractivity contribution in [2.24, 2.45) is 0 Å². The van der Waals surface area contributed by atoms with E-state index in [9.17, 15) is 4.79 Å². The number of nitrogens with zero attached hydrogens (tertiary/aromatic N) is 1. The standard InChI is InChI=1S/C11H13ClN2O2S/c1-17-11(3-4-11)6-14-9-8(12)7(10(15)16)2-5-13-9/h2,5H,3-4,6H2,1H3,(H,13,14)(H,15,16). The molecule has 1 aromatic heterocycles. The van der Waals surface area contributed by atoms with Crippen LogP contribution in [0.25, 0.3) is 0 Å². The van der Waals surface area contributed by atoms with E-state index in [0.717, 1.165) is 6.54 Å². The van der Waals surface area contributed by atoms with Gasteiger partial charge in [0, 0.05) is 17.5 Å². The second kappa shape index (κ2) is 4.74. The zero-order chi connectivity index (χ0) is 12.5. The first-order valence-corrected chi connectivity index (χ1v) is 6.85. The van der Waals surface area contributed by atoms with Gasteiger partial charge in [0.25, 0.3) is 0 Å². The second-order valence-electron chi connectivity index (χ2n) is 4.07. The fourth-order valence-electron chi connectivity index (χ4n) is 1.57. The van der Waals surface area contributed by atoms with Crippen molar-refractivity contribution in [2.45, 2.75) is 17.6 Å². The maximum absolute atomic E-state index is 10.9. The van der Waals surface area contributed by atoms with Crippen LogP contribution in [-0.4, -0.2) is 33.6 Å². The van der Waals surface area contributed by atoms with Crippen LogP contribution in [0.4, 0.5) is 5.82 Å². The van der Waals surface area contributed by atoms with Crippen LogP contribution in [0.1, 0.15) is 23.2 Å². The number of carboxylic acid groups (broad SMARTS) is 1. The molecule has 0 saturated heterocycles. The molecule has 1 aliphatic carbocycles. The summed E-state index contributed by atoms with van der Waals surface area (Å²) in [4.78, 5) is 15.0. The molecule has 4 nitrogen and oxygen atoms in total. The van der Waals surface area contributed by atoms with Crippen molar-refractivity contribution >= 4 is 35.1 Å². The van der Waals surface area contributed by atoms with Crippen LogP contribution in [0.2, 0.25) is 5.02 Å². The molecule has 0 atom stereocenters. The second-order valence-corrected chi connectivity index (χ2v) is 5.72. The molecule has 1 fully saturated rings. The van der Waals surface area contributed by atoms with Gasteiger partial charge in [-0.2, -0.15) is 11.8 Å². The third-order valence-corrected chi connectivity index (χ3v) is 4.74. The Kier molecular flexibility index (Phi) is 3.49. The molecule has 0 unspecified atom stereocenters. The van der Waals surface area contributed by atoms with Gasteiger partial charge in [0.1, 0.15) is 5.82 Å². The lowest BCUT2D eigenvalue weighted by molar-refractivity contribution is 0.0697. The van der Waals surface area contributed by atoms with Gasteiger partial charge in [-0.05, 0) is 25.2 Å². The number of carbonyl (C=O) groups is 1. The molecule has 2 rings (SSSR count). The smallest absolute Gasteiger partial charge is 0.337 e. The van der Waals surface area contributed by atoms with E-state index in [4.69, 9.17) is 16.7 Å². The van der Waals surface area contributed by atoms with E-state index < -0.39 is 5.97 Å². The van der Waals surface area contributed by atoms with Crippen molar-refractivity contribution in [3.8, 4) is 0 Å². The van der Waals surface area contributed by atoms with Crippen molar-refractivity contribution in [3.63, 3.8) is 0 Å². The van der Waals surface area contributed by atoms with Gasteiger partial charge in [0.2, 0.25) is 0 Å². The van der Waals surface area contributed by atoms with Gasteiger partial charge < -0.3 is 10.4 Å². The first-order chi connectivity index (χ1) is 8.08. The molecule has 2 N–H and O–H groups in total. The number of halogens is 1. The molecule has 0 radical (unpaired) electrons. The van der Waals surface area contributed by atoms with E-state index in [2.05, 4.69) is 16.6 Å². The number of pyridine rings is 1. The minimum absolute atomic E-state index is 0.0816. The van der Waals surface area contributed by atoms with E-state index in [0.29, 0.717) is 5.82 Å². The van der Waals surface area contributed by atoms with Crippen LogP contribution in [0.5, 0.6) is 0 Å². The molecule has 1 heterocycles. The fourth-order valence-corrected chi connectivity index (χ4v) is 2.56. The molecule has 92 valence electrons. The van der Waals surface area contributed by atoms with E-state index in [1.165, 1.54) is 25.1 Å². The molecule has 0 bridgehead atoms. The number of anilines is 1. The van der Waals surface area contributed by atoms with E-state index in [1.54, 1.807) is 0 Å². The Morgan fingerprint density at radius 1 is 1.71 bits per heavy atom. The summed E-state index contributed by atoms with van der Waals surface area (Å²) in [6.07, 6.45) is 5.89. The largest absolute Gasteiger partial charge is 0.478 e. The van der Waals surface area contributed by atoms with Gasteiger partial charge in [-0.15, -0.1) is 0 Å². The highest BCUT2D eigenvalue weighted by Gasteiger charge is 2.41. The summed E-state index contributed by atoms with van der Waals surface area (Å²) in [5.74, 6) is -0.585. The van der Waals surface area contributed by atoms with Gasteiger partial charge in [-0.25, -0.2) is 9.78 Å². The Balaban J connectivity index is 2.11. The van der Waals surface area contributed by atoms with Crippen LogP contribution in [0.3, 0.4) is 0 Å². The monoisotopic (exact) mass is 272 g/mol. The van der Waals surface area contributed by atoms with E-state index >= 15 is 0 Å². The predicted octanol–water partition coefficient (Wildman–Crippen LogP) is 2.74. The number of thioether (sulfide) groups is 1. The van der Waals surface area contributed by atoms with Crippen LogP contribution >= 0.6 is 23.4 Å². The van der Waals surface area contributed by atoms with Crippen LogP contribution in [-0.2, 0) is 0 Å². The number of nitrogens with one attached hydrogen (secondary N) is 1. The average Bonchev–Trinajstić information content (AvgIpc) is 3.08. The zero-order valence-electron chi connectivity index (χ0n) is 9.36. The third-order valence-electron chi connectivity index (χ3n) is 2.94. The zero-order valence-corrected chi connectivity index (χ0v) is 10.9. The minimum Gasteiger partial charge on any atom is -0.478 e. The summed E-state index contributed by atoms with van der Waals surface area (Å²) < 4.78 is 0.282. The lowest BCUT2D eigenvalue weighted by atomic mass is 10.2. The van der Waals surface area contributed by atoms with Gasteiger partial charge in [0.05, 0.1) is 10.6 Å². The van der Waals surface area contributed by atoms with Gasteiger partial charge in [-0.1, -0.05) is 11.6 Å². The molecule has 1 aliphatic rings. The predicted molar refractivity (Wildman–Crippen MR) is 70.2 cm³/mol. The van der Waals surface area contributed by atoms with Gasteiger partial charge in [0.15, 0.2) is 0 Å². The van der Waals surface area contributed by atoms with Crippen LogP contribution in [0, 0.1) is 0 Å². The first kappa shape index (κ1) is 12.5. The summed E-state index contributed by atoms with van der Waals surface area (Å²) in [5, 5.41) is 12.2. The highest BCUT2D eigenvalue weighted by atomic mass is 35.5. The maximum atomic E-state index is 10.9. The number of aromatic nitrogens is 1. The number of carboxylic acids is 1. The van der Waals surface area contributed by atoms with Crippen molar-refractivity contribution in [3.05, 3.63) is 22.8 Å². The van der Waals surface area contributed by atoms with Crippen molar-refractivity contribution in [1.82, 2.24) is 4.98 Å². The highest BCUT2D eigenvalue weighted by molar-refractivity contribution is 8.00. The molecule has 0 spiro atoms. The minimum atomic E-state index is -1.04. The number of rotatable bonds is 5. The van der Waals surface area contributed by atoms with E-state index in [-0.39, 0.29) is 15.3 Å². The Morgan fingerprint density at radius 2 is 2.41 bits per heavy atom. The first-order valence-electron chi connectivity index (χ1n) is 5.25. The fraction of sp³-hybridized carbons (Fsp3) is 0.455. The van der Waals surface area contributed by atoms with Crippen molar-refractivity contribution in [2.75, 3.05) is 18.1 Å². The summed E-state index contributed by atoms with van der Waals surface area (Å²) in [5.41, 5.74) is 0.0816. The van der Waals surface area contributed by atoms with Crippen LogP contribution < -0.4 is 5.32 Å². The summed E-state index contributed by atoms with van der Waals surface area (Å²) in [6, 6.07) is 1.40. The summed E-state index contributed by atoms with van der Waals surface area (Å²) in [6.45, 7) is 0.768. The molecular weight excluding hydrogens is 260 g/mol. The molecule has 17 heavy (non-hydrogen) atoms. The lowest BCUT2D eigenvalue weighted by Gasteiger charge is -2.14. The van der Waals surface area contributed by atoms with Crippen molar-refractivity contribution < 1.29 is 9.90 Å². The summed E-state index contributed by atoms with van der Waals surface area (Å²) in [7, 11) is 0. The maximum Gasteiger partial charge on any atom is 0.337 e. The quantitative estimate of drug-likeness (QED) is 0.863. The van der Waals surface area contributed by atoms with Crippen molar-refractivity contribution in [1.29, 1.82) is 0 Å². The molecular formula is C11H13ClN2O2S. The third kappa shape index (κ3) is 2.66. The SMILES string of the molecule is CSC1(CNc2nccc(C(=O)O)c2Cl)CC1. The Bertz CT molecular complexity index is 449. The molecule has 0 amide bonds. The molecule has 6 heteroatoms. The summed E-state index contributed by atoms with van der Waals surface area (Å²) >= 11 is 7.81. The average molecular weight is 273 g/mol. The molecule has 1 saturated carbocycles. The highest BCUT2D eigenvalue weighted by Crippen LogP contribution is 2.47. The molecule has 0 aliphatic heterocycles. The van der Waals surface area contributed by atoms with Gasteiger partial charge in [-0.3, -0.25) is 0 Å². The van der Waals surface area contributed by atoms with Gasteiger partial charge >= 0.3 is 5.97 Å². The number of aromatic carboxylic acids is 1. The Morgan fingerprint density at radius 3 is 2.94 bits per heavy atom. The van der Waals surface area contributed by atoms with E-state index in [1.807, 2.05) is 11.8 Å². The lowest BCUT2D eigenvalue weighted by Crippen LogP contribution is -2.18. The topological polar surface area (TPSA) is 62.2 Å². The molecule has 1 aromatic rings. The number of hydrogen-bond acceptors (Lipinski definition) is 4. The number of hydrogen-bond donors (Lipinski definition) is 2. The van der Waals surface area contributed by atoms with Crippen LogP contribution in [0.15, 0.2) is 12.3 Å².